The molecule has 1 aromatic rings. The highest BCUT2D eigenvalue weighted by atomic mass is 16.5. The van der Waals surface area contributed by atoms with E-state index in [4.69, 9.17) is 9.47 Å². The molecule has 0 spiro atoms. The first-order chi connectivity index (χ1) is 6.33. The number of hydrogen-bond acceptors (Lipinski definition) is 2. The minimum Gasteiger partial charge on any atom is -0.491 e. The zero-order chi connectivity index (χ0) is 9.52. The molecule has 2 heteroatoms. The van der Waals surface area contributed by atoms with Gasteiger partial charge in [0.1, 0.15) is 12.4 Å². The number of hydrogen-bond donors (Lipinski definition) is 0. The molecule has 0 aromatic heterocycles. The fourth-order valence-electron chi connectivity index (χ4n) is 1.06. The summed E-state index contributed by atoms with van der Waals surface area (Å²) in [7, 11) is 0. The van der Waals surface area contributed by atoms with Gasteiger partial charge in [-0.15, -0.1) is 0 Å². The molecule has 0 saturated heterocycles. The molecule has 1 rings (SSSR count). The molecule has 0 radical (unpaired) electrons. The van der Waals surface area contributed by atoms with Gasteiger partial charge in [-0.1, -0.05) is 18.2 Å². The molecule has 0 aliphatic rings. The second-order valence-electron chi connectivity index (χ2n) is 2.89. The van der Waals surface area contributed by atoms with Crippen molar-refractivity contribution in [3.63, 3.8) is 0 Å². The Morgan fingerprint density at radius 1 is 1.23 bits per heavy atom. The molecule has 0 fully saturated rings. The monoisotopic (exact) mass is 180 g/mol. The highest BCUT2D eigenvalue weighted by Gasteiger charge is 2.00. The van der Waals surface area contributed by atoms with Gasteiger partial charge >= 0.3 is 0 Å². The summed E-state index contributed by atoms with van der Waals surface area (Å²) in [5.74, 6) is 0.897. The van der Waals surface area contributed by atoms with Gasteiger partial charge in [-0.2, -0.15) is 0 Å². The van der Waals surface area contributed by atoms with E-state index in [-0.39, 0.29) is 6.10 Å². The third kappa shape index (κ3) is 3.95. The zero-order valence-corrected chi connectivity index (χ0v) is 8.19. The standard InChI is InChI=1S/C11H16O2/c1-3-12-10(2)9-13-11-7-5-4-6-8-11/h4-8,10H,3,9H2,1-2H3. The number of benzene rings is 1. The summed E-state index contributed by atoms with van der Waals surface area (Å²) in [5.41, 5.74) is 0. The van der Waals surface area contributed by atoms with Gasteiger partial charge in [0.05, 0.1) is 6.10 Å². The maximum Gasteiger partial charge on any atom is 0.119 e. The summed E-state index contributed by atoms with van der Waals surface area (Å²) in [6, 6.07) is 9.78. The molecule has 0 saturated carbocycles. The summed E-state index contributed by atoms with van der Waals surface area (Å²) in [4.78, 5) is 0. The fraction of sp³-hybridized carbons (Fsp3) is 0.455. The summed E-state index contributed by atoms with van der Waals surface area (Å²) in [5, 5.41) is 0. The first kappa shape index (κ1) is 10.1. The first-order valence-electron chi connectivity index (χ1n) is 4.62. The molecule has 0 aliphatic carbocycles. The molecule has 0 amide bonds. The van der Waals surface area contributed by atoms with Crippen LogP contribution in [0.25, 0.3) is 0 Å². The van der Waals surface area contributed by atoms with Crippen molar-refractivity contribution in [3.05, 3.63) is 30.3 Å². The molecule has 0 bridgehead atoms. The van der Waals surface area contributed by atoms with E-state index in [2.05, 4.69) is 0 Å². The van der Waals surface area contributed by atoms with Crippen molar-refractivity contribution in [1.82, 2.24) is 0 Å². The van der Waals surface area contributed by atoms with Crippen molar-refractivity contribution in [2.24, 2.45) is 0 Å². The molecule has 0 heterocycles. The summed E-state index contributed by atoms with van der Waals surface area (Å²) in [6.45, 7) is 5.34. The lowest BCUT2D eigenvalue weighted by Gasteiger charge is -2.12. The van der Waals surface area contributed by atoms with Crippen molar-refractivity contribution in [2.45, 2.75) is 20.0 Å². The van der Waals surface area contributed by atoms with Crippen LogP contribution < -0.4 is 4.74 Å². The molecular weight excluding hydrogens is 164 g/mol. The molecule has 72 valence electrons. The van der Waals surface area contributed by atoms with E-state index in [0.717, 1.165) is 12.4 Å². The average molecular weight is 180 g/mol. The Morgan fingerprint density at radius 3 is 2.54 bits per heavy atom. The lowest BCUT2D eigenvalue weighted by atomic mass is 10.3. The lowest BCUT2D eigenvalue weighted by Crippen LogP contribution is -2.17. The summed E-state index contributed by atoms with van der Waals surface area (Å²) < 4.78 is 10.8. The van der Waals surface area contributed by atoms with E-state index < -0.39 is 0 Å². The van der Waals surface area contributed by atoms with Gasteiger partial charge in [-0.25, -0.2) is 0 Å². The van der Waals surface area contributed by atoms with Crippen LogP contribution in [0, 0.1) is 0 Å². The van der Waals surface area contributed by atoms with Gasteiger partial charge < -0.3 is 9.47 Å². The van der Waals surface area contributed by atoms with E-state index in [1.807, 2.05) is 44.2 Å². The maximum atomic E-state index is 5.50. The van der Waals surface area contributed by atoms with Crippen LogP contribution in [-0.2, 0) is 4.74 Å². The zero-order valence-electron chi connectivity index (χ0n) is 8.19. The maximum absolute atomic E-state index is 5.50. The van der Waals surface area contributed by atoms with Crippen LogP contribution >= 0.6 is 0 Å². The Balaban J connectivity index is 2.27. The van der Waals surface area contributed by atoms with Crippen molar-refractivity contribution in [2.75, 3.05) is 13.2 Å². The van der Waals surface area contributed by atoms with Crippen LogP contribution in [0.4, 0.5) is 0 Å². The molecule has 0 N–H and O–H groups in total. The molecule has 13 heavy (non-hydrogen) atoms. The Bertz CT molecular complexity index is 221. The Labute approximate surface area is 79.5 Å². The SMILES string of the molecule is CCOC(C)COc1ccccc1. The predicted octanol–water partition coefficient (Wildman–Crippen LogP) is 2.49. The smallest absolute Gasteiger partial charge is 0.119 e. The fourth-order valence-corrected chi connectivity index (χ4v) is 1.06. The molecule has 1 unspecified atom stereocenters. The second kappa shape index (κ2) is 5.60. The van der Waals surface area contributed by atoms with Gasteiger partial charge in [0.15, 0.2) is 0 Å². The van der Waals surface area contributed by atoms with E-state index in [0.29, 0.717) is 6.61 Å². The van der Waals surface area contributed by atoms with Crippen molar-refractivity contribution in [3.8, 4) is 5.75 Å². The summed E-state index contributed by atoms with van der Waals surface area (Å²) >= 11 is 0. The van der Waals surface area contributed by atoms with E-state index in [1.54, 1.807) is 0 Å². The average Bonchev–Trinajstić information content (AvgIpc) is 2.17. The normalized spacial score (nSPS) is 12.5. The topological polar surface area (TPSA) is 18.5 Å². The van der Waals surface area contributed by atoms with Crippen LogP contribution in [0.15, 0.2) is 30.3 Å². The Morgan fingerprint density at radius 2 is 1.92 bits per heavy atom. The third-order valence-corrected chi connectivity index (χ3v) is 1.68. The van der Waals surface area contributed by atoms with E-state index in [9.17, 15) is 0 Å². The van der Waals surface area contributed by atoms with Gasteiger partial charge in [-0.05, 0) is 26.0 Å². The Kier molecular flexibility index (Phi) is 4.33. The van der Waals surface area contributed by atoms with Crippen molar-refractivity contribution < 1.29 is 9.47 Å². The van der Waals surface area contributed by atoms with Gasteiger partial charge in [0, 0.05) is 6.61 Å². The van der Waals surface area contributed by atoms with Crippen LogP contribution in [0.5, 0.6) is 5.75 Å². The van der Waals surface area contributed by atoms with Gasteiger partial charge in [-0.3, -0.25) is 0 Å². The first-order valence-corrected chi connectivity index (χ1v) is 4.62. The highest BCUT2D eigenvalue weighted by molar-refractivity contribution is 5.20. The largest absolute Gasteiger partial charge is 0.491 e. The third-order valence-electron chi connectivity index (χ3n) is 1.68. The van der Waals surface area contributed by atoms with Gasteiger partial charge in [0.2, 0.25) is 0 Å². The van der Waals surface area contributed by atoms with E-state index in [1.165, 1.54) is 0 Å². The highest BCUT2D eigenvalue weighted by Crippen LogP contribution is 2.08. The molecule has 0 aliphatic heterocycles. The molecule has 2 nitrogen and oxygen atoms in total. The molecule has 1 atom stereocenters. The molecular formula is C11H16O2. The second-order valence-corrected chi connectivity index (χ2v) is 2.89. The number of ether oxygens (including phenoxy) is 2. The molecule has 1 aromatic carbocycles. The van der Waals surface area contributed by atoms with Crippen LogP contribution in [-0.4, -0.2) is 19.3 Å². The number of rotatable bonds is 5. The van der Waals surface area contributed by atoms with E-state index >= 15 is 0 Å². The van der Waals surface area contributed by atoms with Crippen molar-refractivity contribution >= 4 is 0 Å². The Hall–Kier alpha value is -1.02. The van der Waals surface area contributed by atoms with Crippen molar-refractivity contribution in [1.29, 1.82) is 0 Å². The summed E-state index contributed by atoms with van der Waals surface area (Å²) in [6.07, 6.45) is 0.158. The van der Waals surface area contributed by atoms with Crippen LogP contribution in [0.2, 0.25) is 0 Å². The number of para-hydroxylation sites is 1. The van der Waals surface area contributed by atoms with Crippen LogP contribution in [0.3, 0.4) is 0 Å². The van der Waals surface area contributed by atoms with Gasteiger partial charge in [0.25, 0.3) is 0 Å². The quantitative estimate of drug-likeness (QED) is 0.693. The van der Waals surface area contributed by atoms with Crippen LogP contribution in [0.1, 0.15) is 13.8 Å². The minimum atomic E-state index is 0.158. The lowest BCUT2D eigenvalue weighted by molar-refractivity contribution is 0.0402. The predicted molar refractivity (Wildman–Crippen MR) is 53.0 cm³/mol. The minimum absolute atomic E-state index is 0.158.